The van der Waals surface area contributed by atoms with Gasteiger partial charge in [-0.1, -0.05) is 20.3 Å². The van der Waals surface area contributed by atoms with Crippen LogP contribution in [-0.4, -0.2) is 14.7 Å². The Balaban J connectivity index is 4.31. The molecule has 0 aromatic heterocycles. The standard InChI is InChI=1S/C11H23NOS/c1-7-9(2)8-10(3)12-14(13)11(4,5)6/h9H,7-8H2,1-6H3. The first-order valence-corrected chi connectivity index (χ1v) is 6.34. The van der Waals surface area contributed by atoms with Gasteiger partial charge in [-0.2, -0.15) is 4.40 Å². The minimum absolute atomic E-state index is 0.239. The fourth-order valence-corrected chi connectivity index (χ4v) is 1.60. The molecule has 2 nitrogen and oxygen atoms in total. The van der Waals surface area contributed by atoms with Crippen molar-refractivity contribution in [3.8, 4) is 0 Å². The monoisotopic (exact) mass is 217 g/mol. The van der Waals surface area contributed by atoms with Gasteiger partial charge >= 0.3 is 0 Å². The highest BCUT2D eigenvalue weighted by atomic mass is 32.2. The van der Waals surface area contributed by atoms with Gasteiger partial charge in [0.2, 0.25) is 0 Å². The predicted octanol–water partition coefficient (Wildman–Crippen LogP) is 3.35. The van der Waals surface area contributed by atoms with Crippen molar-refractivity contribution in [3.05, 3.63) is 0 Å². The lowest BCUT2D eigenvalue weighted by Gasteiger charge is -2.15. The zero-order chi connectivity index (χ0) is 11.4. The maximum atomic E-state index is 11.7. The van der Waals surface area contributed by atoms with Crippen molar-refractivity contribution < 1.29 is 4.21 Å². The predicted molar refractivity (Wildman–Crippen MR) is 65.1 cm³/mol. The van der Waals surface area contributed by atoms with Gasteiger partial charge in [-0.05, 0) is 40.0 Å². The van der Waals surface area contributed by atoms with E-state index in [2.05, 4.69) is 18.2 Å². The first kappa shape index (κ1) is 13.8. The summed E-state index contributed by atoms with van der Waals surface area (Å²) in [4.78, 5) is 0. The van der Waals surface area contributed by atoms with Gasteiger partial charge in [-0.25, -0.2) is 4.21 Å². The van der Waals surface area contributed by atoms with Crippen LogP contribution in [0, 0.1) is 5.92 Å². The minimum atomic E-state index is -1.10. The molecular formula is C11H23NOS. The summed E-state index contributed by atoms with van der Waals surface area (Å²) in [5.41, 5.74) is 1.01. The summed E-state index contributed by atoms with van der Waals surface area (Å²) >= 11 is 0. The van der Waals surface area contributed by atoms with Crippen LogP contribution in [0.2, 0.25) is 0 Å². The molecule has 0 spiro atoms. The van der Waals surface area contributed by atoms with Gasteiger partial charge in [0.25, 0.3) is 0 Å². The lowest BCUT2D eigenvalue weighted by atomic mass is 10.0. The highest BCUT2D eigenvalue weighted by Crippen LogP contribution is 2.14. The molecule has 14 heavy (non-hydrogen) atoms. The zero-order valence-electron chi connectivity index (χ0n) is 10.3. The quantitative estimate of drug-likeness (QED) is 0.664. The molecule has 0 aliphatic rings. The smallest absolute Gasteiger partial charge is 0.144 e. The van der Waals surface area contributed by atoms with Gasteiger partial charge in [0, 0.05) is 5.71 Å². The van der Waals surface area contributed by atoms with Crippen LogP contribution in [0.15, 0.2) is 4.40 Å². The third kappa shape index (κ3) is 5.53. The Morgan fingerprint density at radius 3 is 2.29 bits per heavy atom. The van der Waals surface area contributed by atoms with E-state index in [1.54, 1.807) is 0 Å². The molecular weight excluding hydrogens is 194 g/mol. The molecule has 84 valence electrons. The number of nitrogens with zero attached hydrogens (tertiary/aromatic N) is 1. The topological polar surface area (TPSA) is 29.4 Å². The molecule has 0 saturated carbocycles. The molecule has 0 saturated heterocycles. The van der Waals surface area contributed by atoms with Gasteiger partial charge in [0.05, 0.1) is 4.75 Å². The van der Waals surface area contributed by atoms with Crippen LogP contribution in [0.3, 0.4) is 0 Å². The van der Waals surface area contributed by atoms with Gasteiger partial charge in [-0.3, -0.25) is 0 Å². The summed E-state index contributed by atoms with van der Waals surface area (Å²) in [7, 11) is -1.10. The summed E-state index contributed by atoms with van der Waals surface area (Å²) in [6.45, 7) is 12.2. The van der Waals surface area contributed by atoms with Crippen molar-refractivity contribution in [2.24, 2.45) is 10.3 Å². The first-order chi connectivity index (χ1) is 6.27. The lowest BCUT2D eigenvalue weighted by Crippen LogP contribution is -2.20. The molecule has 0 radical (unpaired) electrons. The molecule has 0 rings (SSSR count). The number of hydrogen-bond donors (Lipinski definition) is 0. The Morgan fingerprint density at radius 1 is 1.43 bits per heavy atom. The number of rotatable bonds is 4. The van der Waals surface area contributed by atoms with E-state index in [0.29, 0.717) is 5.92 Å². The third-order valence-corrected chi connectivity index (χ3v) is 3.63. The van der Waals surface area contributed by atoms with E-state index < -0.39 is 11.0 Å². The van der Waals surface area contributed by atoms with Gasteiger partial charge in [-0.15, -0.1) is 0 Å². The van der Waals surface area contributed by atoms with E-state index in [1.165, 1.54) is 0 Å². The molecule has 2 unspecified atom stereocenters. The highest BCUT2D eigenvalue weighted by Gasteiger charge is 2.19. The largest absolute Gasteiger partial charge is 0.234 e. The van der Waals surface area contributed by atoms with Gasteiger partial charge in [0.1, 0.15) is 11.0 Å². The first-order valence-electron chi connectivity index (χ1n) is 5.23. The molecule has 0 aromatic carbocycles. The van der Waals surface area contributed by atoms with E-state index in [-0.39, 0.29) is 4.75 Å². The maximum Gasteiger partial charge on any atom is 0.144 e. The Kier molecular flexibility index (Phi) is 5.57. The Labute approximate surface area is 90.8 Å². The van der Waals surface area contributed by atoms with Crippen molar-refractivity contribution in [3.63, 3.8) is 0 Å². The molecule has 0 aromatic rings. The van der Waals surface area contributed by atoms with Crippen LogP contribution >= 0.6 is 0 Å². The molecule has 0 amide bonds. The molecule has 3 heteroatoms. The van der Waals surface area contributed by atoms with Crippen molar-refractivity contribution in [1.29, 1.82) is 0 Å². The fraction of sp³-hybridized carbons (Fsp3) is 0.909. The normalized spacial score (nSPS) is 18.0. The average molecular weight is 217 g/mol. The Bertz CT molecular complexity index is 228. The van der Waals surface area contributed by atoms with Crippen LogP contribution in [0.1, 0.15) is 54.4 Å². The zero-order valence-corrected chi connectivity index (χ0v) is 11.1. The summed E-state index contributed by atoms with van der Waals surface area (Å²) < 4.78 is 15.7. The summed E-state index contributed by atoms with van der Waals surface area (Å²) in [5, 5.41) is 0. The molecule has 2 atom stereocenters. The molecule has 0 fully saturated rings. The van der Waals surface area contributed by atoms with Gasteiger partial charge < -0.3 is 0 Å². The Morgan fingerprint density at radius 2 is 1.93 bits per heavy atom. The fourth-order valence-electron chi connectivity index (χ4n) is 0.964. The SMILES string of the molecule is CCC(C)CC(C)=NS(=O)C(C)(C)C. The van der Waals surface area contributed by atoms with E-state index in [9.17, 15) is 4.21 Å². The lowest BCUT2D eigenvalue weighted by molar-refractivity contribution is 0.586. The second-order valence-corrected chi connectivity index (χ2v) is 6.81. The van der Waals surface area contributed by atoms with Crippen LogP contribution in [0.4, 0.5) is 0 Å². The molecule has 0 heterocycles. The average Bonchev–Trinajstić information content (AvgIpc) is 2.02. The van der Waals surface area contributed by atoms with E-state index in [0.717, 1.165) is 18.6 Å². The van der Waals surface area contributed by atoms with Crippen molar-refractivity contribution in [1.82, 2.24) is 0 Å². The van der Waals surface area contributed by atoms with Crippen LogP contribution in [0.25, 0.3) is 0 Å². The Hall–Kier alpha value is -0.180. The van der Waals surface area contributed by atoms with E-state index in [1.807, 2.05) is 27.7 Å². The minimum Gasteiger partial charge on any atom is -0.234 e. The third-order valence-electron chi connectivity index (χ3n) is 2.10. The number of hydrogen-bond acceptors (Lipinski definition) is 1. The van der Waals surface area contributed by atoms with Gasteiger partial charge in [0.15, 0.2) is 0 Å². The highest BCUT2D eigenvalue weighted by molar-refractivity contribution is 7.85. The summed E-state index contributed by atoms with van der Waals surface area (Å²) in [6.07, 6.45) is 2.10. The van der Waals surface area contributed by atoms with E-state index >= 15 is 0 Å². The van der Waals surface area contributed by atoms with E-state index in [4.69, 9.17) is 0 Å². The molecule has 0 aliphatic heterocycles. The summed E-state index contributed by atoms with van der Waals surface area (Å²) in [6, 6.07) is 0. The van der Waals surface area contributed by atoms with Crippen molar-refractivity contribution >= 4 is 16.7 Å². The maximum absolute atomic E-state index is 11.7. The second-order valence-electron chi connectivity index (χ2n) is 4.91. The second kappa shape index (κ2) is 5.64. The van der Waals surface area contributed by atoms with Crippen LogP contribution < -0.4 is 0 Å². The van der Waals surface area contributed by atoms with Crippen LogP contribution in [0.5, 0.6) is 0 Å². The molecule has 0 aliphatic carbocycles. The van der Waals surface area contributed by atoms with Crippen molar-refractivity contribution in [2.45, 2.75) is 59.1 Å². The molecule has 0 bridgehead atoms. The van der Waals surface area contributed by atoms with Crippen molar-refractivity contribution in [2.75, 3.05) is 0 Å². The van der Waals surface area contributed by atoms with Crippen LogP contribution in [-0.2, 0) is 11.0 Å². The molecule has 0 N–H and O–H groups in total. The summed E-state index contributed by atoms with van der Waals surface area (Å²) in [5.74, 6) is 0.635.